The minimum atomic E-state index is 0.295. The molecule has 0 aliphatic carbocycles. The van der Waals surface area contributed by atoms with E-state index >= 15 is 0 Å². The zero-order chi connectivity index (χ0) is 15.0. The van der Waals surface area contributed by atoms with Crippen LogP contribution in [0.4, 0.5) is 0 Å². The highest BCUT2D eigenvalue weighted by atomic mass is 79.9. The van der Waals surface area contributed by atoms with E-state index in [1.54, 1.807) is 0 Å². The van der Waals surface area contributed by atoms with Gasteiger partial charge in [0.2, 0.25) is 0 Å². The van der Waals surface area contributed by atoms with Crippen LogP contribution in [0.15, 0.2) is 28.7 Å². The van der Waals surface area contributed by atoms with Gasteiger partial charge in [-0.15, -0.1) is 0 Å². The van der Waals surface area contributed by atoms with Gasteiger partial charge in [0.15, 0.2) is 0 Å². The fourth-order valence-electron chi connectivity index (χ4n) is 2.51. The Kier molecular flexibility index (Phi) is 3.52. The molecule has 0 aliphatic heterocycles. The second-order valence-corrected chi connectivity index (χ2v) is 5.70. The molecule has 6 heteroatoms. The molecular weight excluding hydrogens is 330 g/mol. The Hall–Kier alpha value is -2.13. The van der Waals surface area contributed by atoms with Gasteiger partial charge in [-0.1, -0.05) is 12.1 Å². The quantitative estimate of drug-likeness (QED) is 0.734. The van der Waals surface area contributed by atoms with Crippen LogP contribution in [-0.4, -0.2) is 19.3 Å². The van der Waals surface area contributed by atoms with E-state index in [4.69, 9.17) is 5.26 Å². The van der Waals surface area contributed by atoms with E-state index in [2.05, 4.69) is 36.6 Å². The average molecular weight is 344 g/mol. The third kappa shape index (κ3) is 2.34. The summed E-state index contributed by atoms with van der Waals surface area (Å²) in [4.78, 5) is 4.56. The van der Waals surface area contributed by atoms with Crippen LogP contribution in [0.1, 0.15) is 17.2 Å². The molecular formula is C15H14BrN5. The molecule has 2 heterocycles. The second kappa shape index (κ2) is 5.34. The first kappa shape index (κ1) is 13.8. The summed E-state index contributed by atoms with van der Waals surface area (Å²) in [5, 5.41) is 13.4. The van der Waals surface area contributed by atoms with Crippen LogP contribution in [0.3, 0.4) is 0 Å². The number of rotatable bonds is 3. The summed E-state index contributed by atoms with van der Waals surface area (Å²) < 4.78 is 4.95. The predicted octanol–water partition coefficient (Wildman–Crippen LogP) is 2.96. The normalized spacial score (nSPS) is 11.0. The molecule has 0 N–H and O–H groups in total. The van der Waals surface area contributed by atoms with Crippen molar-refractivity contribution in [2.75, 3.05) is 0 Å². The summed E-state index contributed by atoms with van der Waals surface area (Å²) in [5.41, 5.74) is 3.97. The minimum Gasteiger partial charge on any atom is -0.321 e. The van der Waals surface area contributed by atoms with Crippen LogP contribution in [0.2, 0.25) is 0 Å². The van der Waals surface area contributed by atoms with E-state index in [0.29, 0.717) is 13.0 Å². The molecule has 0 amide bonds. The monoisotopic (exact) mass is 343 g/mol. The first-order valence-electron chi connectivity index (χ1n) is 6.61. The summed E-state index contributed by atoms with van der Waals surface area (Å²) >= 11 is 3.59. The molecule has 0 unspecified atom stereocenters. The number of para-hydroxylation sites is 2. The number of benzene rings is 1. The molecule has 0 saturated carbocycles. The van der Waals surface area contributed by atoms with E-state index in [9.17, 15) is 0 Å². The molecule has 106 valence electrons. The van der Waals surface area contributed by atoms with Crippen molar-refractivity contribution >= 4 is 27.0 Å². The summed E-state index contributed by atoms with van der Waals surface area (Å²) in [6, 6.07) is 10.1. The standard InChI is InChI=1S/C15H14BrN5/c1-10-15(16)13(20(2)19-10)9-21-12-6-4-3-5-11(12)18-14(21)7-8-17/h3-6H,7,9H2,1-2H3. The zero-order valence-corrected chi connectivity index (χ0v) is 13.4. The molecule has 0 atom stereocenters. The van der Waals surface area contributed by atoms with Gasteiger partial charge in [0.25, 0.3) is 0 Å². The molecule has 21 heavy (non-hydrogen) atoms. The van der Waals surface area contributed by atoms with E-state index in [-0.39, 0.29) is 0 Å². The number of nitriles is 1. The molecule has 0 saturated heterocycles. The van der Waals surface area contributed by atoms with Crippen molar-refractivity contribution in [2.24, 2.45) is 7.05 Å². The number of nitrogens with zero attached hydrogens (tertiary/aromatic N) is 5. The highest BCUT2D eigenvalue weighted by Crippen LogP contribution is 2.24. The number of halogens is 1. The summed E-state index contributed by atoms with van der Waals surface area (Å²) in [5.74, 6) is 0.782. The lowest BCUT2D eigenvalue weighted by Gasteiger charge is -2.08. The summed E-state index contributed by atoms with van der Waals surface area (Å²) in [6.45, 7) is 2.60. The first-order chi connectivity index (χ1) is 10.1. The molecule has 5 nitrogen and oxygen atoms in total. The Morgan fingerprint density at radius 2 is 2.10 bits per heavy atom. The highest BCUT2D eigenvalue weighted by Gasteiger charge is 2.15. The molecule has 0 spiro atoms. The van der Waals surface area contributed by atoms with Crippen LogP contribution >= 0.6 is 15.9 Å². The van der Waals surface area contributed by atoms with Crippen molar-refractivity contribution in [3.05, 3.63) is 46.0 Å². The SMILES string of the molecule is Cc1nn(C)c(Cn2c(CC#N)nc3ccccc32)c1Br. The lowest BCUT2D eigenvalue weighted by atomic mass is 10.3. The van der Waals surface area contributed by atoms with Gasteiger partial charge in [-0.05, 0) is 35.0 Å². The van der Waals surface area contributed by atoms with E-state index in [1.165, 1.54) is 0 Å². The second-order valence-electron chi connectivity index (χ2n) is 4.91. The van der Waals surface area contributed by atoms with Gasteiger partial charge in [0, 0.05) is 7.05 Å². The van der Waals surface area contributed by atoms with E-state index in [0.717, 1.165) is 32.7 Å². The molecule has 0 radical (unpaired) electrons. The van der Waals surface area contributed by atoms with Gasteiger partial charge in [0.05, 0.1) is 45.9 Å². The molecule has 1 aromatic carbocycles. The number of hydrogen-bond acceptors (Lipinski definition) is 3. The van der Waals surface area contributed by atoms with Gasteiger partial charge in [-0.25, -0.2) is 4.98 Å². The van der Waals surface area contributed by atoms with Gasteiger partial charge < -0.3 is 4.57 Å². The summed E-state index contributed by atoms with van der Waals surface area (Å²) in [6.07, 6.45) is 0.295. The maximum absolute atomic E-state index is 9.02. The Morgan fingerprint density at radius 3 is 2.76 bits per heavy atom. The molecule has 0 bridgehead atoms. The van der Waals surface area contributed by atoms with Crippen LogP contribution in [-0.2, 0) is 20.0 Å². The van der Waals surface area contributed by atoms with Gasteiger partial charge in [-0.3, -0.25) is 4.68 Å². The van der Waals surface area contributed by atoms with Crippen LogP contribution < -0.4 is 0 Å². The Bertz CT molecular complexity index is 853. The van der Waals surface area contributed by atoms with Crippen molar-refractivity contribution in [3.8, 4) is 6.07 Å². The van der Waals surface area contributed by atoms with Crippen molar-refractivity contribution in [3.63, 3.8) is 0 Å². The van der Waals surface area contributed by atoms with Crippen molar-refractivity contribution in [1.82, 2.24) is 19.3 Å². The fraction of sp³-hybridized carbons (Fsp3) is 0.267. The predicted molar refractivity (Wildman–Crippen MR) is 83.8 cm³/mol. The largest absolute Gasteiger partial charge is 0.321 e. The van der Waals surface area contributed by atoms with Crippen LogP contribution in [0, 0.1) is 18.3 Å². The topological polar surface area (TPSA) is 59.4 Å². The number of imidazole rings is 1. The molecule has 0 aliphatic rings. The maximum Gasteiger partial charge on any atom is 0.124 e. The van der Waals surface area contributed by atoms with E-state index in [1.807, 2.05) is 42.9 Å². The van der Waals surface area contributed by atoms with Crippen molar-refractivity contribution < 1.29 is 0 Å². The van der Waals surface area contributed by atoms with Crippen molar-refractivity contribution in [2.45, 2.75) is 19.9 Å². The van der Waals surface area contributed by atoms with E-state index < -0.39 is 0 Å². The highest BCUT2D eigenvalue weighted by molar-refractivity contribution is 9.10. The minimum absolute atomic E-state index is 0.295. The maximum atomic E-state index is 9.02. The van der Waals surface area contributed by atoms with Crippen LogP contribution in [0.25, 0.3) is 11.0 Å². The Labute approximate surface area is 131 Å². The smallest absolute Gasteiger partial charge is 0.124 e. The lowest BCUT2D eigenvalue weighted by Crippen LogP contribution is -2.09. The Balaban J connectivity index is 2.15. The Morgan fingerprint density at radius 1 is 1.33 bits per heavy atom. The molecule has 3 aromatic rings. The molecule has 3 rings (SSSR count). The number of fused-ring (bicyclic) bond motifs is 1. The third-order valence-electron chi connectivity index (χ3n) is 3.54. The molecule has 0 fully saturated rings. The van der Waals surface area contributed by atoms with Crippen LogP contribution in [0.5, 0.6) is 0 Å². The molecule has 2 aromatic heterocycles. The first-order valence-corrected chi connectivity index (χ1v) is 7.40. The number of aromatic nitrogens is 4. The lowest BCUT2D eigenvalue weighted by molar-refractivity contribution is 0.657. The fourth-order valence-corrected chi connectivity index (χ4v) is 2.97. The number of hydrogen-bond donors (Lipinski definition) is 0. The summed E-state index contributed by atoms with van der Waals surface area (Å²) in [7, 11) is 1.93. The third-order valence-corrected chi connectivity index (χ3v) is 4.57. The van der Waals surface area contributed by atoms with Gasteiger partial charge in [-0.2, -0.15) is 10.4 Å². The van der Waals surface area contributed by atoms with Gasteiger partial charge in [0.1, 0.15) is 5.82 Å². The zero-order valence-electron chi connectivity index (χ0n) is 11.8. The van der Waals surface area contributed by atoms with Gasteiger partial charge >= 0.3 is 0 Å². The number of aryl methyl sites for hydroxylation is 2. The average Bonchev–Trinajstić information content (AvgIpc) is 2.92. The van der Waals surface area contributed by atoms with Crippen molar-refractivity contribution in [1.29, 1.82) is 5.26 Å².